The topological polar surface area (TPSA) is 15.4 Å². The van der Waals surface area contributed by atoms with Crippen molar-refractivity contribution in [2.75, 3.05) is 6.54 Å². The van der Waals surface area contributed by atoms with Crippen LogP contribution in [0.3, 0.4) is 0 Å². The van der Waals surface area contributed by atoms with Crippen LogP contribution in [0.15, 0.2) is 53.6 Å². The Morgan fingerprint density at radius 3 is 1.64 bits per heavy atom. The molecular weight excluding hydrogens is 331 g/mol. The molecule has 0 unspecified atom stereocenters. The molecule has 0 amide bonds. The number of benzene rings is 2. The molecule has 0 aromatic heterocycles. The van der Waals surface area contributed by atoms with Gasteiger partial charge in [0.05, 0.1) is 0 Å². The molecule has 2 rings (SSSR count). The van der Waals surface area contributed by atoms with E-state index in [-0.39, 0.29) is 0 Å². The van der Waals surface area contributed by atoms with Crippen LogP contribution in [0.1, 0.15) is 29.2 Å². The van der Waals surface area contributed by atoms with Gasteiger partial charge in [0.15, 0.2) is 6.54 Å². The molecule has 0 atom stereocenters. The van der Waals surface area contributed by atoms with Gasteiger partial charge < -0.3 is 17.3 Å². The van der Waals surface area contributed by atoms with Crippen molar-refractivity contribution in [3.8, 4) is 0 Å². The highest BCUT2D eigenvalue weighted by Crippen LogP contribution is 2.06. The van der Waals surface area contributed by atoms with Crippen molar-refractivity contribution < 1.29 is 21.9 Å². The number of hydrazone groups is 1. The lowest BCUT2D eigenvalue weighted by Crippen LogP contribution is -2.06. The summed E-state index contributed by atoms with van der Waals surface area (Å²) in [5.41, 5.74) is 4.82. The van der Waals surface area contributed by atoms with Crippen molar-refractivity contribution in [3.63, 3.8) is 0 Å². The van der Waals surface area contributed by atoms with Crippen LogP contribution in [0.5, 0.6) is 0 Å². The lowest BCUT2D eigenvalue weighted by atomic mass is 10.2. The summed E-state index contributed by atoms with van der Waals surface area (Å²) in [5, 5.41) is 4.51. The molecule has 0 bridgehead atoms. The largest absolute Gasteiger partial charge is 0.673 e. The first-order chi connectivity index (χ1) is 11.7. The van der Waals surface area contributed by atoms with Crippen LogP contribution < -0.4 is 0 Å². The van der Waals surface area contributed by atoms with Gasteiger partial charge in [-0.2, -0.15) is 0 Å². The van der Waals surface area contributed by atoms with Crippen LogP contribution in [0.4, 0.5) is 17.3 Å². The lowest BCUT2D eigenvalue weighted by molar-refractivity contribution is -0.524. The van der Waals surface area contributed by atoms with Crippen LogP contribution in [0, 0.1) is 13.8 Å². The lowest BCUT2D eigenvalue weighted by Gasteiger charge is -1.95. The summed E-state index contributed by atoms with van der Waals surface area (Å²) >= 11 is 0. The molecule has 0 aliphatic heterocycles. The molecule has 0 fully saturated rings. The predicted molar refractivity (Wildman–Crippen MR) is 96.1 cm³/mol. The van der Waals surface area contributed by atoms with Crippen LogP contribution in [0.2, 0.25) is 0 Å². The summed E-state index contributed by atoms with van der Waals surface area (Å²) in [6, 6.07) is 16.8. The molecule has 0 radical (unpaired) electrons. The van der Waals surface area contributed by atoms with Gasteiger partial charge in [0.25, 0.3) is 0 Å². The van der Waals surface area contributed by atoms with E-state index in [0.29, 0.717) is 0 Å². The summed E-state index contributed by atoms with van der Waals surface area (Å²) in [6.07, 6.45) is 3.96. The minimum Gasteiger partial charge on any atom is -0.418 e. The Morgan fingerprint density at radius 1 is 0.840 bits per heavy atom. The van der Waals surface area contributed by atoms with Crippen LogP contribution >= 0.6 is 0 Å². The first kappa shape index (κ1) is 20.6. The highest BCUT2D eigenvalue weighted by Gasteiger charge is 2.20. The van der Waals surface area contributed by atoms with Gasteiger partial charge in [0.2, 0.25) is 6.21 Å². The van der Waals surface area contributed by atoms with E-state index in [9.17, 15) is 17.3 Å². The SMILES string of the molecule is CC[N+](=C\c1ccc(C)cc1)/N=C/c1ccc(C)cc1.F[B-](F)(F)F. The van der Waals surface area contributed by atoms with Gasteiger partial charge in [-0.25, -0.2) is 0 Å². The molecule has 7 heteroatoms. The molecule has 2 nitrogen and oxygen atoms in total. The number of aryl methyl sites for hydroxylation is 2. The number of hydrogen-bond donors (Lipinski definition) is 0. The second-order valence-corrected chi connectivity index (χ2v) is 5.45. The van der Waals surface area contributed by atoms with Crippen molar-refractivity contribution >= 4 is 19.7 Å². The van der Waals surface area contributed by atoms with E-state index in [2.05, 4.69) is 80.6 Å². The molecule has 134 valence electrons. The van der Waals surface area contributed by atoms with E-state index in [1.807, 2.05) is 10.9 Å². The molecule has 0 heterocycles. The molecular formula is C18H21BF4N2. The third-order valence-electron chi connectivity index (χ3n) is 3.13. The van der Waals surface area contributed by atoms with Gasteiger partial charge in [-0.3, -0.25) is 0 Å². The zero-order valence-electron chi connectivity index (χ0n) is 14.5. The Hall–Kier alpha value is -2.44. The van der Waals surface area contributed by atoms with E-state index < -0.39 is 7.25 Å². The standard InChI is InChI=1S/C18H21N2.BF4/c1-4-20(14-18-11-7-16(3)8-12-18)19-13-17-9-5-15(2)6-10-17;2-1(3,4)5/h5-14H,4H2,1-3H3;/q+1;-1/b19-13+,20-14+;. The molecule has 0 saturated heterocycles. The molecule has 2 aromatic carbocycles. The minimum absolute atomic E-state index is 0.843. The number of hydrogen-bond acceptors (Lipinski definition) is 1. The highest BCUT2D eigenvalue weighted by atomic mass is 19.5. The maximum absolute atomic E-state index is 9.75. The Morgan fingerprint density at radius 2 is 1.24 bits per heavy atom. The summed E-state index contributed by atoms with van der Waals surface area (Å²) in [6.45, 7) is 7.12. The molecule has 25 heavy (non-hydrogen) atoms. The van der Waals surface area contributed by atoms with Crippen LogP contribution in [-0.4, -0.2) is 30.9 Å². The van der Waals surface area contributed by atoms with Gasteiger partial charge in [0.1, 0.15) is 6.21 Å². The van der Waals surface area contributed by atoms with Crippen LogP contribution in [-0.2, 0) is 0 Å². The minimum atomic E-state index is -6.00. The second kappa shape index (κ2) is 9.76. The van der Waals surface area contributed by atoms with E-state index in [0.717, 1.165) is 12.1 Å². The predicted octanol–water partition coefficient (Wildman–Crippen LogP) is 5.09. The van der Waals surface area contributed by atoms with Gasteiger partial charge in [0, 0.05) is 5.56 Å². The summed E-state index contributed by atoms with van der Waals surface area (Å²) in [5.74, 6) is 0. The monoisotopic (exact) mass is 352 g/mol. The van der Waals surface area contributed by atoms with Crippen LogP contribution in [0.25, 0.3) is 0 Å². The zero-order chi connectivity index (χ0) is 18.9. The third-order valence-corrected chi connectivity index (χ3v) is 3.13. The van der Waals surface area contributed by atoms with E-state index >= 15 is 0 Å². The number of rotatable bonds is 4. The second-order valence-electron chi connectivity index (χ2n) is 5.45. The summed E-state index contributed by atoms with van der Waals surface area (Å²) in [7, 11) is -6.00. The maximum atomic E-state index is 9.75. The fourth-order valence-corrected chi connectivity index (χ4v) is 1.82. The maximum Gasteiger partial charge on any atom is 0.673 e. The average molecular weight is 352 g/mol. The van der Waals surface area contributed by atoms with Crippen molar-refractivity contribution in [1.82, 2.24) is 0 Å². The average Bonchev–Trinajstić information content (AvgIpc) is 2.53. The van der Waals surface area contributed by atoms with Crippen molar-refractivity contribution in [2.45, 2.75) is 20.8 Å². The van der Waals surface area contributed by atoms with Crippen molar-refractivity contribution in [1.29, 1.82) is 0 Å². The normalized spacial score (nSPS) is 12.0. The fraction of sp³-hybridized carbons (Fsp3) is 0.222. The Kier molecular flexibility index (Phi) is 8.05. The van der Waals surface area contributed by atoms with Crippen molar-refractivity contribution in [3.05, 3.63) is 70.8 Å². The number of nitrogens with zero attached hydrogens (tertiary/aromatic N) is 2. The molecule has 0 N–H and O–H groups in total. The Balaban J connectivity index is 0.000000550. The van der Waals surface area contributed by atoms with Crippen molar-refractivity contribution in [2.24, 2.45) is 5.10 Å². The molecule has 0 spiro atoms. The Labute approximate surface area is 145 Å². The fourth-order valence-electron chi connectivity index (χ4n) is 1.82. The Bertz CT molecular complexity index is 699. The van der Waals surface area contributed by atoms with E-state index in [1.54, 1.807) is 0 Å². The molecule has 0 aliphatic carbocycles. The quantitative estimate of drug-likeness (QED) is 0.240. The first-order valence-corrected chi connectivity index (χ1v) is 7.83. The third kappa shape index (κ3) is 10.1. The summed E-state index contributed by atoms with van der Waals surface area (Å²) in [4.78, 5) is 0. The number of halogens is 4. The molecule has 0 aliphatic rings. The molecule has 2 aromatic rings. The van der Waals surface area contributed by atoms with Gasteiger partial charge in [-0.15, -0.1) is 0 Å². The smallest absolute Gasteiger partial charge is 0.418 e. The van der Waals surface area contributed by atoms with E-state index in [4.69, 9.17) is 0 Å². The van der Waals surface area contributed by atoms with Gasteiger partial charge in [-0.05, 0) is 43.6 Å². The molecule has 0 saturated carbocycles. The van der Waals surface area contributed by atoms with E-state index in [1.165, 1.54) is 16.7 Å². The zero-order valence-corrected chi connectivity index (χ0v) is 14.5. The summed E-state index contributed by atoms with van der Waals surface area (Å²) < 4.78 is 40.9. The first-order valence-electron chi connectivity index (χ1n) is 7.83. The van der Waals surface area contributed by atoms with Gasteiger partial charge in [-0.1, -0.05) is 52.2 Å². The van der Waals surface area contributed by atoms with Gasteiger partial charge >= 0.3 is 7.25 Å². The highest BCUT2D eigenvalue weighted by molar-refractivity contribution is 6.50.